The first-order valence-corrected chi connectivity index (χ1v) is 2.16. The minimum atomic E-state index is -4.45. The molecule has 1 nitrogen and oxygen atoms in total. The van der Waals surface area contributed by atoms with Crippen LogP contribution in [-0.4, -0.2) is 12.5 Å². The third-order valence-electron chi connectivity index (χ3n) is 0.713. The number of hydrogen-bond donors (Lipinski definition) is 0. The summed E-state index contributed by atoms with van der Waals surface area (Å²) in [5.74, 6) is 0. The fourth-order valence-electron chi connectivity index (χ4n) is 0.323. The molecule has 1 radical (unpaired) electrons. The van der Waals surface area contributed by atoms with E-state index < -0.39 is 12.5 Å². The van der Waals surface area contributed by atoms with E-state index in [-0.39, 0.29) is 0 Å². The first kappa shape index (κ1) is 5.88. The van der Waals surface area contributed by atoms with E-state index in [0.717, 1.165) is 0 Å². The second kappa shape index (κ2) is 1.62. The van der Waals surface area contributed by atoms with Gasteiger partial charge in [-0.3, -0.25) is 4.74 Å². The maximum Gasteiger partial charge on any atom is 0.522 e. The van der Waals surface area contributed by atoms with Crippen LogP contribution in [0.1, 0.15) is 6.42 Å². The summed E-state index contributed by atoms with van der Waals surface area (Å²) in [5.41, 5.74) is 0. The highest BCUT2D eigenvalue weighted by Crippen LogP contribution is 2.30. The highest BCUT2D eigenvalue weighted by Gasteiger charge is 2.38. The molecule has 0 aromatic heterocycles. The van der Waals surface area contributed by atoms with Gasteiger partial charge < -0.3 is 0 Å². The summed E-state index contributed by atoms with van der Waals surface area (Å²) in [4.78, 5) is 0. The van der Waals surface area contributed by atoms with Gasteiger partial charge >= 0.3 is 6.36 Å². The van der Waals surface area contributed by atoms with Crippen LogP contribution >= 0.6 is 0 Å². The third kappa shape index (κ3) is 2.16. The van der Waals surface area contributed by atoms with Crippen molar-refractivity contribution in [3.05, 3.63) is 6.42 Å². The van der Waals surface area contributed by atoms with Crippen LogP contribution in [0.3, 0.4) is 0 Å². The lowest BCUT2D eigenvalue weighted by molar-refractivity contribution is -0.328. The molecule has 1 fully saturated rings. The zero-order chi connectivity index (χ0) is 6.20. The summed E-state index contributed by atoms with van der Waals surface area (Å²) in [7, 11) is 0. The van der Waals surface area contributed by atoms with Crippen molar-refractivity contribution < 1.29 is 17.9 Å². The minimum absolute atomic E-state index is 0.430. The highest BCUT2D eigenvalue weighted by molar-refractivity contribution is 4.96. The molecule has 1 atom stereocenters. The van der Waals surface area contributed by atoms with Crippen LogP contribution in [0.25, 0.3) is 0 Å². The van der Waals surface area contributed by atoms with Crippen molar-refractivity contribution in [1.82, 2.24) is 0 Å². The van der Waals surface area contributed by atoms with Crippen molar-refractivity contribution in [3.63, 3.8) is 0 Å². The largest absolute Gasteiger partial charge is 0.522 e. The van der Waals surface area contributed by atoms with Crippen LogP contribution in [0.15, 0.2) is 0 Å². The van der Waals surface area contributed by atoms with Crippen LogP contribution in [0.4, 0.5) is 13.2 Å². The molecular weight excluding hydrogens is 121 g/mol. The Hall–Kier alpha value is -0.250. The predicted molar refractivity (Wildman–Crippen MR) is 19.8 cm³/mol. The molecule has 0 spiro atoms. The molecule has 1 aliphatic carbocycles. The Bertz CT molecular complexity index is 83.8. The van der Waals surface area contributed by atoms with Crippen LogP contribution in [0.2, 0.25) is 0 Å². The first-order chi connectivity index (χ1) is 3.58. The van der Waals surface area contributed by atoms with Crippen LogP contribution in [0, 0.1) is 6.42 Å². The summed E-state index contributed by atoms with van der Waals surface area (Å²) in [6.07, 6.45) is -3.22. The minimum Gasteiger partial charge on any atom is -0.288 e. The summed E-state index contributed by atoms with van der Waals surface area (Å²) < 4.78 is 36.8. The maximum atomic E-state index is 11.1. The summed E-state index contributed by atoms with van der Waals surface area (Å²) in [6, 6.07) is 0. The molecule has 1 aliphatic rings. The molecule has 47 valence electrons. The molecule has 1 rings (SSSR count). The summed E-state index contributed by atoms with van der Waals surface area (Å²) >= 11 is 0. The van der Waals surface area contributed by atoms with E-state index in [2.05, 4.69) is 4.74 Å². The van der Waals surface area contributed by atoms with Crippen molar-refractivity contribution in [2.75, 3.05) is 0 Å². The molecule has 4 heteroatoms. The van der Waals surface area contributed by atoms with E-state index in [1.807, 2.05) is 0 Å². The number of rotatable bonds is 1. The smallest absolute Gasteiger partial charge is 0.288 e. The van der Waals surface area contributed by atoms with Gasteiger partial charge in [0.05, 0.1) is 6.10 Å². The monoisotopic (exact) mass is 125 g/mol. The van der Waals surface area contributed by atoms with Crippen LogP contribution in [0.5, 0.6) is 0 Å². The maximum absolute atomic E-state index is 11.1. The lowest BCUT2D eigenvalue weighted by atomic mass is 10.8. The molecule has 8 heavy (non-hydrogen) atoms. The normalized spacial score (nSPS) is 21.4. The molecule has 1 unspecified atom stereocenters. The Balaban J connectivity index is 2.16. The Labute approximate surface area is 44.4 Å². The molecule has 0 aliphatic heterocycles. The van der Waals surface area contributed by atoms with Gasteiger partial charge in [0.1, 0.15) is 0 Å². The second-order valence-electron chi connectivity index (χ2n) is 1.57. The third-order valence-corrected chi connectivity index (χ3v) is 0.713. The van der Waals surface area contributed by atoms with Gasteiger partial charge in [0.15, 0.2) is 0 Å². The zero-order valence-corrected chi connectivity index (χ0v) is 3.90. The van der Waals surface area contributed by atoms with Gasteiger partial charge in [-0.05, 0) is 12.8 Å². The van der Waals surface area contributed by atoms with E-state index in [1.165, 1.54) is 6.42 Å². The summed E-state index contributed by atoms with van der Waals surface area (Å²) in [6.45, 7) is 0. The van der Waals surface area contributed by atoms with E-state index in [1.54, 1.807) is 0 Å². The average Bonchev–Trinajstić information content (AvgIpc) is 2.12. The summed E-state index contributed by atoms with van der Waals surface area (Å²) in [5, 5.41) is 0. The fraction of sp³-hybridized carbons (Fsp3) is 0.750. The van der Waals surface area contributed by atoms with E-state index >= 15 is 0 Å². The number of ether oxygens (including phenoxy) is 1. The van der Waals surface area contributed by atoms with Crippen LogP contribution < -0.4 is 0 Å². The fourth-order valence-corrected chi connectivity index (χ4v) is 0.323. The number of hydrogen-bond acceptors (Lipinski definition) is 1. The molecular formula is C4H4F3O. The van der Waals surface area contributed by atoms with E-state index in [4.69, 9.17) is 0 Å². The standard InChI is InChI=1S/C4H4F3O/c5-4(6,7)8-3-1-2-3/h1,3H,2H2. The quantitative estimate of drug-likeness (QED) is 0.516. The van der Waals surface area contributed by atoms with Gasteiger partial charge in [-0.15, -0.1) is 13.2 Å². The van der Waals surface area contributed by atoms with Crippen molar-refractivity contribution in [2.24, 2.45) is 0 Å². The first-order valence-electron chi connectivity index (χ1n) is 2.16. The van der Waals surface area contributed by atoms with Gasteiger partial charge in [0.2, 0.25) is 0 Å². The molecule has 0 amide bonds. The molecule has 0 N–H and O–H groups in total. The Morgan fingerprint density at radius 1 is 1.50 bits per heavy atom. The molecule has 0 aromatic carbocycles. The van der Waals surface area contributed by atoms with Crippen molar-refractivity contribution in [3.8, 4) is 0 Å². The number of halogens is 3. The van der Waals surface area contributed by atoms with Gasteiger partial charge in [-0.25, -0.2) is 0 Å². The Kier molecular flexibility index (Phi) is 1.19. The van der Waals surface area contributed by atoms with Crippen LogP contribution in [-0.2, 0) is 4.74 Å². The average molecular weight is 125 g/mol. The van der Waals surface area contributed by atoms with Gasteiger partial charge in [0, 0.05) is 0 Å². The van der Waals surface area contributed by atoms with Crippen molar-refractivity contribution in [2.45, 2.75) is 18.9 Å². The van der Waals surface area contributed by atoms with Gasteiger partial charge in [-0.1, -0.05) is 0 Å². The molecule has 0 saturated heterocycles. The highest BCUT2D eigenvalue weighted by atomic mass is 19.4. The number of alkyl halides is 3. The van der Waals surface area contributed by atoms with Crippen molar-refractivity contribution in [1.29, 1.82) is 0 Å². The van der Waals surface area contributed by atoms with E-state index in [0.29, 0.717) is 6.42 Å². The lowest BCUT2D eigenvalue weighted by Gasteiger charge is -2.03. The zero-order valence-electron chi connectivity index (χ0n) is 3.90. The Morgan fingerprint density at radius 2 is 2.00 bits per heavy atom. The lowest BCUT2D eigenvalue weighted by Crippen LogP contribution is -2.14. The predicted octanol–water partition coefficient (Wildman–Crippen LogP) is 1.50. The van der Waals surface area contributed by atoms with Gasteiger partial charge in [0.25, 0.3) is 0 Å². The topological polar surface area (TPSA) is 9.23 Å². The second-order valence-corrected chi connectivity index (χ2v) is 1.57. The molecule has 0 aromatic rings. The Morgan fingerprint density at radius 3 is 2.12 bits per heavy atom. The van der Waals surface area contributed by atoms with Crippen molar-refractivity contribution >= 4 is 0 Å². The molecule has 0 bridgehead atoms. The van der Waals surface area contributed by atoms with Gasteiger partial charge in [-0.2, -0.15) is 0 Å². The molecule has 0 heterocycles. The molecule has 1 saturated carbocycles. The SMILES string of the molecule is FC(F)(F)OC1[CH]C1. The van der Waals surface area contributed by atoms with E-state index in [9.17, 15) is 13.2 Å².